The van der Waals surface area contributed by atoms with Gasteiger partial charge in [-0.1, -0.05) is 11.6 Å². The smallest absolute Gasteiger partial charge is 0.340 e. The second-order valence-corrected chi connectivity index (χ2v) is 5.92. The molecule has 124 valence electrons. The summed E-state index contributed by atoms with van der Waals surface area (Å²) >= 11 is 6.60. The van der Waals surface area contributed by atoms with Crippen LogP contribution in [0.4, 0.5) is 5.69 Å². The van der Waals surface area contributed by atoms with Crippen molar-refractivity contribution in [3.8, 4) is 0 Å². The molecule has 1 fully saturated rings. The predicted octanol–water partition coefficient (Wildman–Crippen LogP) is 3.88. The van der Waals surface area contributed by atoms with Gasteiger partial charge < -0.3 is 18.8 Å². The van der Waals surface area contributed by atoms with Crippen LogP contribution in [0.2, 0.25) is 5.02 Å². The minimum absolute atomic E-state index is 0.337. The highest BCUT2D eigenvalue weighted by Gasteiger charge is 2.27. The molecule has 1 aromatic heterocycles. The first-order chi connectivity index (χ1) is 11.2. The van der Waals surface area contributed by atoms with Gasteiger partial charge >= 0.3 is 5.97 Å². The van der Waals surface area contributed by atoms with Crippen LogP contribution in [-0.4, -0.2) is 38.9 Å². The Labute approximate surface area is 140 Å². The van der Waals surface area contributed by atoms with Crippen LogP contribution in [0.15, 0.2) is 22.8 Å². The van der Waals surface area contributed by atoms with Crippen molar-refractivity contribution in [3.63, 3.8) is 0 Å². The van der Waals surface area contributed by atoms with E-state index in [2.05, 4.69) is 11.8 Å². The van der Waals surface area contributed by atoms with Gasteiger partial charge in [-0.15, -0.1) is 0 Å². The molecule has 23 heavy (non-hydrogen) atoms. The lowest BCUT2D eigenvalue weighted by Gasteiger charge is -2.36. The molecule has 1 aliphatic rings. The van der Waals surface area contributed by atoms with Crippen LogP contribution in [0.25, 0.3) is 11.0 Å². The van der Waals surface area contributed by atoms with Crippen molar-refractivity contribution < 1.29 is 18.7 Å². The molecule has 0 saturated carbocycles. The van der Waals surface area contributed by atoms with E-state index < -0.39 is 5.97 Å². The highest BCUT2D eigenvalue weighted by Crippen LogP contribution is 2.38. The normalized spacial score (nSPS) is 15.8. The molecule has 2 aromatic rings. The quantitative estimate of drug-likeness (QED) is 0.792. The lowest BCUT2D eigenvalue weighted by Crippen LogP contribution is -2.39. The van der Waals surface area contributed by atoms with Gasteiger partial charge in [0.2, 0.25) is 0 Å². The monoisotopic (exact) mass is 337 g/mol. The Bertz CT molecular complexity index is 706. The van der Waals surface area contributed by atoms with Crippen LogP contribution in [0.3, 0.4) is 0 Å². The number of benzene rings is 1. The van der Waals surface area contributed by atoms with Crippen molar-refractivity contribution in [2.75, 3.05) is 31.8 Å². The molecule has 0 radical (unpaired) electrons. The fourth-order valence-electron chi connectivity index (χ4n) is 3.21. The lowest BCUT2D eigenvalue weighted by molar-refractivity contribution is 0.0603. The van der Waals surface area contributed by atoms with E-state index in [0.29, 0.717) is 27.6 Å². The molecular formula is C17H20ClNO4. The van der Waals surface area contributed by atoms with E-state index in [9.17, 15) is 4.79 Å². The SMILES string of the molecule is CCN(c1cc2occc2c(C(=O)OC)c1Cl)C1CCOCC1. The van der Waals surface area contributed by atoms with Gasteiger partial charge in [-0.2, -0.15) is 0 Å². The number of carbonyl (C=O) groups excluding carboxylic acids is 1. The van der Waals surface area contributed by atoms with Gasteiger partial charge in [-0.25, -0.2) is 4.79 Å². The van der Waals surface area contributed by atoms with Crippen LogP contribution in [0, 0.1) is 0 Å². The van der Waals surface area contributed by atoms with Crippen molar-refractivity contribution >= 4 is 34.2 Å². The van der Waals surface area contributed by atoms with Gasteiger partial charge in [0.05, 0.1) is 29.6 Å². The summed E-state index contributed by atoms with van der Waals surface area (Å²) in [6, 6.07) is 3.98. The summed E-state index contributed by atoms with van der Waals surface area (Å²) in [7, 11) is 1.35. The first kappa shape index (κ1) is 16.1. The highest BCUT2D eigenvalue weighted by molar-refractivity contribution is 6.38. The van der Waals surface area contributed by atoms with Gasteiger partial charge in [-0.05, 0) is 25.8 Å². The fourth-order valence-corrected chi connectivity index (χ4v) is 3.55. The Kier molecular flexibility index (Phi) is 4.78. The molecule has 0 amide bonds. The minimum atomic E-state index is -0.453. The fraction of sp³-hybridized carbons (Fsp3) is 0.471. The minimum Gasteiger partial charge on any atom is -0.465 e. The average Bonchev–Trinajstić information content (AvgIpc) is 3.04. The molecule has 0 spiro atoms. The van der Waals surface area contributed by atoms with Gasteiger partial charge in [0.1, 0.15) is 5.58 Å². The first-order valence-electron chi connectivity index (χ1n) is 7.79. The number of rotatable bonds is 4. The van der Waals surface area contributed by atoms with Gasteiger partial charge in [0, 0.05) is 37.3 Å². The number of esters is 1. The summed E-state index contributed by atoms with van der Waals surface area (Å²) in [4.78, 5) is 14.4. The number of halogens is 1. The number of anilines is 1. The Morgan fingerprint density at radius 1 is 1.43 bits per heavy atom. The van der Waals surface area contributed by atoms with Crippen molar-refractivity contribution in [1.82, 2.24) is 0 Å². The maximum Gasteiger partial charge on any atom is 0.340 e. The third-order valence-electron chi connectivity index (χ3n) is 4.35. The van der Waals surface area contributed by atoms with Crippen LogP contribution in [0.1, 0.15) is 30.1 Å². The molecule has 1 aliphatic heterocycles. The van der Waals surface area contributed by atoms with E-state index in [-0.39, 0.29) is 0 Å². The maximum atomic E-state index is 12.2. The molecule has 3 rings (SSSR count). The second-order valence-electron chi connectivity index (χ2n) is 5.54. The first-order valence-corrected chi connectivity index (χ1v) is 8.17. The number of fused-ring (bicyclic) bond motifs is 1. The number of nitrogens with zero attached hydrogens (tertiary/aromatic N) is 1. The van der Waals surface area contributed by atoms with Crippen molar-refractivity contribution in [2.45, 2.75) is 25.8 Å². The molecule has 1 saturated heterocycles. The third kappa shape index (κ3) is 2.91. The van der Waals surface area contributed by atoms with Crippen LogP contribution >= 0.6 is 11.6 Å². The number of ether oxygens (including phenoxy) is 2. The third-order valence-corrected chi connectivity index (χ3v) is 4.73. The molecule has 0 atom stereocenters. The van der Waals surface area contributed by atoms with Gasteiger partial charge in [0.25, 0.3) is 0 Å². The zero-order chi connectivity index (χ0) is 16.4. The molecule has 0 unspecified atom stereocenters. The molecule has 0 N–H and O–H groups in total. The number of carbonyl (C=O) groups is 1. The number of hydrogen-bond donors (Lipinski definition) is 0. The van der Waals surface area contributed by atoms with Crippen LogP contribution in [0.5, 0.6) is 0 Å². The molecule has 5 nitrogen and oxygen atoms in total. The topological polar surface area (TPSA) is 51.9 Å². The zero-order valence-electron chi connectivity index (χ0n) is 13.3. The molecule has 0 aliphatic carbocycles. The molecule has 6 heteroatoms. The predicted molar refractivity (Wildman–Crippen MR) is 89.4 cm³/mol. The zero-order valence-corrected chi connectivity index (χ0v) is 14.1. The molecular weight excluding hydrogens is 318 g/mol. The largest absolute Gasteiger partial charge is 0.465 e. The average molecular weight is 338 g/mol. The summed E-state index contributed by atoms with van der Waals surface area (Å²) in [5.74, 6) is -0.453. The summed E-state index contributed by atoms with van der Waals surface area (Å²) in [6.45, 7) is 4.35. The Hall–Kier alpha value is -1.72. The lowest BCUT2D eigenvalue weighted by atomic mass is 10.0. The van der Waals surface area contributed by atoms with Crippen molar-refractivity contribution in [1.29, 1.82) is 0 Å². The molecule has 0 bridgehead atoms. The standard InChI is InChI=1S/C17H20ClNO4/c1-3-19(11-4-7-22-8-5-11)13-10-14-12(6-9-23-14)15(16(13)18)17(20)21-2/h6,9-11H,3-5,7-8H2,1-2H3. The Morgan fingerprint density at radius 2 is 2.17 bits per heavy atom. The van der Waals surface area contributed by atoms with E-state index in [0.717, 1.165) is 38.3 Å². The second kappa shape index (κ2) is 6.81. The van der Waals surface area contributed by atoms with E-state index >= 15 is 0 Å². The van der Waals surface area contributed by atoms with E-state index in [4.69, 9.17) is 25.5 Å². The van der Waals surface area contributed by atoms with Crippen LogP contribution < -0.4 is 4.90 Å². The summed E-state index contributed by atoms with van der Waals surface area (Å²) in [6.07, 6.45) is 3.43. The Morgan fingerprint density at radius 3 is 2.83 bits per heavy atom. The number of hydrogen-bond acceptors (Lipinski definition) is 5. The van der Waals surface area contributed by atoms with E-state index in [1.54, 1.807) is 12.3 Å². The van der Waals surface area contributed by atoms with E-state index in [1.807, 2.05) is 6.07 Å². The van der Waals surface area contributed by atoms with Crippen LogP contribution in [-0.2, 0) is 9.47 Å². The van der Waals surface area contributed by atoms with Crippen molar-refractivity contribution in [2.24, 2.45) is 0 Å². The highest BCUT2D eigenvalue weighted by atomic mass is 35.5. The molecule has 2 heterocycles. The Balaban J connectivity index is 2.12. The van der Waals surface area contributed by atoms with Crippen molar-refractivity contribution in [3.05, 3.63) is 29.0 Å². The van der Waals surface area contributed by atoms with Gasteiger partial charge in [-0.3, -0.25) is 0 Å². The molecule has 1 aromatic carbocycles. The maximum absolute atomic E-state index is 12.2. The number of methoxy groups -OCH3 is 1. The van der Waals surface area contributed by atoms with Gasteiger partial charge in [0.15, 0.2) is 0 Å². The summed E-state index contributed by atoms with van der Waals surface area (Å²) in [5, 5.41) is 1.09. The number of furan rings is 1. The summed E-state index contributed by atoms with van der Waals surface area (Å²) in [5.41, 5.74) is 1.81. The van der Waals surface area contributed by atoms with E-state index in [1.165, 1.54) is 7.11 Å². The summed E-state index contributed by atoms with van der Waals surface area (Å²) < 4.78 is 15.9.